The van der Waals surface area contributed by atoms with Crippen molar-refractivity contribution in [2.75, 3.05) is 26.8 Å². The number of hydrogen-bond acceptors (Lipinski definition) is 5. The van der Waals surface area contributed by atoms with Crippen LogP contribution in [0.2, 0.25) is 5.02 Å². The molecule has 6 heteroatoms. The molecule has 5 nitrogen and oxygen atoms in total. The van der Waals surface area contributed by atoms with Crippen molar-refractivity contribution in [3.8, 4) is 17.2 Å². The molecule has 1 N–H and O–H groups in total. The molecule has 2 aromatic rings. The lowest BCUT2D eigenvalue weighted by atomic mass is 10.2. The minimum absolute atomic E-state index is 0.609. The Bertz CT molecular complexity index is 632. The number of hydrazone groups is 1. The van der Waals surface area contributed by atoms with Gasteiger partial charge < -0.3 is 14.2 Å². The molecule has 0 spiro atoms. The highest BCUT2D eigenvalue weighted by atomic mass is 35.5. The maximum atomic E-state index is 5.84. The molecule has 0 saturated carbocycles. The molecule has 116 valence electrons. The van der Waals surface area contributed by atoms with Crippen molar-refractivity contribution < 1.29 is 14.2 Å². The topological polar surface area (TPSA) is 52.1 Å². The van der Waals surface area contributed by atoms with Gasteiger partial charge in [0, 0.05) is 17.2 Å². The van der Waals surface area contributed by atoms with Crippen molar-refractivity contribution >= 4 is 23.5 Å². The summed E-state index contributed by atoms with van der Waals surface area (Å²) in [6, 6.07) is 10.8. The molecular weight excluding hydrogens is 304 g/mol. The molecule has 0 aliphatic carbocycles. The quantitative estimate of drug-likeness (QED) is 0.649. The number of methoxy groups -OCH3 is 3. The third-order valence-electron chi connectivity index (χ3n) is 2.98. The Morgan fingerprint density at radius 3 is 2.05 bits per heavy atom. The summed E-state index contributed by atoms with van der Waals surface area (Å²) in [5, 5.41) is 4.87. The molecule has 0 unspecified atom stereocenters. The van der Waals surface area contributed by atoms with Gasteiger partial charge in [0.15, 0.2) is 0 Å². The zero-order valence-corrected chi connectivity index (χ0v) is 13.3. The number of nitrogens with zero attached hydrogens (tertiary/aromatic N) is 1. The van der Waals surface area contributed by atoms with Gasteiger partial charge >= 0.3 is 0 Å². The van der Waals surface area contributed by atoms with E-state index >= 15 is 0 Å². The average Bonchev–Trinajstić information content (AvgIpc) is 2.56. The Labute approximate surface area is 134 Å². The van der Waals surface area contributed by atoms with E-state index in [2.05, 4.69) is 10.5 Å². The van der Waals surface area contributed by atoms with Crippen LogP contribution >= 0.6 is 11.6 Å². The summed E-state index contributed by atoms with van der Waals surface area (Å²) < 4.78 is 15.9. The summed E-state index contributed by atoms with van der Waals surface area (Å²) in [6.07, 6.45) is 1.63. The summed E-state index contributed by atoms with van der Waals surface area (Å²) >= 11 is 5.84. The molecule has 0 aromatic heterocycles. The minimum Gasteiger partial charge on any atom is -0.496 e. The monoisotopic (exact) mass is 320 g/mol. The van der Waals surface area contributed by atoms with Crippen LogP contribution in [0.25, 0.3) is 0 Å². The third-order valence-corrected chi connectivity index (χ3v) is 3.24. The zero-order valence-electron chi connectivity index (χ0n) is 12.6. The predicted molar refractivity (Wildman–Crippen MR) is 88.8 cm³/mol. The van der Waals surface area contributed by atoms with Gasteiger partial charge in [-0.15, -0.1) is 0 Å². The fourth-order valence-electron chi connectivity index (χ4n) is 1.86. The first kappa shape index (κ1) is 16.0. The van der Waals surface area contributed by atoms with E-state index in [1.165, 1.54) is 0 Å². The van der Waals surface area contributed by atoms with E-state index in [9.17, 15) is 0 Å². The molecule has 0 atom stereocenters. The standard InChI is InChI=1S/C16H17ClN2O3/c1-20-13-8-15(21-2)14(16(9-13)22-3)10-18-19-12-6-4-11(17)5-7-12/h4-10,19H,1-3H3/b18-10-. The molecule has 0 saturated heterocycles. The smallest absolute Gasteiger partial charge is 0.135 e. The molecule has 0 bridgehead atoms. The van der Waals surface area contributed by atoms with Crippen molar-refractivity contribution in [2.45, 2.75) is 0 Å². The van der Waals surface area contributed by atoms with Crippen LogP contribution in [0.3, 0.4) is 0 Å². The Hall–Kier alpha value is -2.40. The van der Waals surface area contributed by atoms with E-state index in [1.807, 2.05) is 12.1 Å². The van der Waals surface area contributed by atoms with Crippen LogP contribution in [0.4, 0.5) is 5.69 Å². The number of hydrogen-bond donors (Lipinski definition) is 1. The van der Waals surface area contributed by atoms with Crippen molar-refractivity contribution in [3.05, 3.63) is 47.0 Å². The summed E-state index contributed by atoms with van der Waals surface area (Å²) in [7, 11) is 4.75. The largest absolute Gasteiger partial charge is 0.496 e. The average molecular weight is 321 g/mol. The summed E-state index contributed by atoms with van der Waals surface area (Å²) in [5.41, 5.74) is 4.46. The number of ether oxygens (including phenoxy) is 3. The fourth-order valence-corrected chi connectivity index (χ4v) is 1.98. The van der Waals surface area contributed by atoms with Gasteiger partial charge in [-0.2, -0.15) is 5.10 Å². The highest BCUT2D eigenvalue weighted by Gasteiger charge is 2.11. The first-order valence-electron chi connectivity index (χ1n) is 6.52. The fraction of sp³-hybridized carbons (Fsp3) is 0.188. The molecule has 22 heavy (non-hydrogen) atoms. The second kappa shape index (κ2) is 7.56. The molecule has 2 rings (SSSR count). The van der Waals surface area contributed by atoms with E-state index < -0.39 is 0 Å². The predicted octanol–water partition coefficient (Wildman–Crippen LogP) is 3.81. The molecule has 0 aliphatic rings. The number of benzene rings is 2. The third kappa shape index (κ3) is 3.83. The van der Waals surface area contributed by atoms with Gasteiger partial charge in [-0.3, -0.25) is 5.43 Å². The first-order chi connectivity index (χ1) is 10.7. The van der Waals surface area contributed by atoms with Gasteiger partial charge in [0.05, 0.1) is 38.8 Å². The number of anilines is 1. The SMILES string of the molecule is COc1cc(OC)c(/C=N\Nc2ccc(Cl)cc2)c(OC)c1. The second-order valence-electron chi connectivity index (χ2n) is 4.32. The van der Waals surface area contributed by atoms with E-state index in [1.54, 1.807) is 51.8 Å². The van der Waals surface area contributed by atoms with Gasteiger partial charge in [0.1, 0.15) is 17.2 Å². The Balaban J connectivity index is 2.23. The van der Waals surface area contributed by atoms with Crippen LogP contribution in [-0.2, 0) is 0 Å². The lowest BCUT2D eigenvalue weighted by Crippen LogP contribution is -1.99. The molecular formula is C16H17ClN2O3. The Morgan fingerprint density at radius 1 is 0.955 bits per heavy atom. The first-order valence-corrected chi connectivity index (χ1v) is 6.90. The minimum atomic E-state index is 0.609. The highest BCUT2D eigenvalue weighted by molar-refractivity contribution is 6.30. The van der Waals surface area contributed by atoms with Crippen LogP contribution in [0, 0.1) is 0 Å². The van der Waals surface area contributed by atoms with Crippen LogP contribution < -0.4 is 19.6 Å². The van der Waals surface area contributed by atoms with Crippen LogP contribution in [-0.4, -0.2) is 27.5 Å². The van der Waals surface area contributed by atoms with E-state index in [-0.39, 0.29) is 0 Å². The van der Waals surface area contributed by atoms with Crippen LogP contribution in [0.1, 0.15) is 5.56 Å². The van der Waals surface area contributed by atoms with E-state index in [4.69, 9.17) is 25.8 Å². The van der Waals surface area contributed by atoms with Crippen molar-refractivity contribution in [3.63, 3.8) is 0 Å². The van der Waals surface area contributed by atoms with Crippen molar-refractivity contribution in [1.82, 2.24) is 0 Å². The number of halogens is 1. The lowest BCUT2D eigenvalue weighted by Gasteiger charge is -2.12. The number of nitrogens with one attached hydrogen (secondary N) is 1. The highest BCUT2D eigenvalue weighted by Crippen LogP contribution is 2.32. The van der Waals surface area contributed by atoms with Gasteiger partial charge in [0.25, 0.3) is 0 Å². The second-order valence-corrected chi connectivity index (χ2v) is 4.76. The summed E-state index contributed by atoms with van der Waals surface area (Å²) in [4.78, 5) is 0. The van der Waals surface area contributed by atoms with Gasteiger partial charge in [0.2, 0.25) is 0 Å². The van der Waals surface area contributed by atoms with E-state index in [0.717, 1.165) is 5.69 Å². The number of rotatable bonds is 6. The van der Waals surface area contributed by atoms with Gasteiger partial charge in [-0.25, -0.2) is 0 Å². The molecule has 2 aromatic carbocycles. The normalized spacial score (nSPS) is 10.5. The van der Waals surface area contributed by atoms with Crippen molar-refractivity contribution in [1.29, 1.82) is 0 Å². The zero-order chi connectivity index (χ0) is 15.9. The molecule has 0 fully saturated rings. The Morgan fingerprint density at radius 2 is 1.55 bits per heavy atom. The van der Waals surface area contributed by atoms with Crippen LogP contribution in [0.15, 0.2) is 41.5 Å². The van der Waals surface area contributed by atoms with E-state index in [0.29, 0.717) is 27.8 Å². The maximum absolute atomic E-state index is 5.84. The molecule has 0 aliphatic heterocycles. The maximum Gasteiger partial charge on any atom is 0.135 e. The van der Waals surface area contributed by atoms with Crippen LogP contribution in [0.5, 0.6) is 17.2 Å². The van der Waals surface area contributed by atoms with Gasteiger partial charge in [-0.05, 0) is 24.3 Å². The molecule has 0 radical (unpaired) electrons. The lowest BCUT2D eigenvalue weighted by molar-refractivity contribution is 0.374. The summed E-state index contributed by atoms with van der Waals surface area (Å²) in [6.45, 7) is 0. The molecule has 0 heterocycles. The summed E-state index contributed by atoms with van der Waals surface area (Å²) in [5.74, 6) is 1.87. The van der Waals surface area contributed by atoms with Crippen molar-refractivity contribution in [2.24, 2.45) is 5.10 Å². The Kier molecular flexibility index (Phi) is 5.49. The molecule has 0 amide bonds. The van der Waals surface area contributed by atoms with Gasteiger partial charge in [-0.1, -0.05) is 11.6 Å².